The summed E-state index contributed by atoms with van der Waals surface area (Å²) in [5.74, 6) is 0.0442. The Kier molecular flexibility index (Phi) is 3.28. The molecular formula is C17H14N2O2. The van der Waals surface area contributed by atoms with Crippen LogP contribution in [0.1, 0.15) is 16.1 Å². The average molecular weight is 278 g/mol. The Labute approximate surface area is 122 Å². The molecule has 3 rings (SSSR count). The highest BCUT2D eigenvalue weighted by atomic mass is 16.3. The number of benzene rings is 2. The summed E-state index contributed by atoms with van der Waals surface area (Å²) in [5, 5.41) is 14.5. The zero-order valence-corrected chi connectivity index (χ0v) is 11.5. The fourth-order valence-electron chi connectivity index (χ4n) is 2.21. The molecule has 1 amide bonds. The molecule has 0 saturated carbocycles. The molecule has 0 aliphatic rings. The van der Waals surface area contributed by atoms with Gasteiger partial charge in [0.05, 0.1) is 5.56 Å². The normalized spacial score (nSPS) is 10.5. The van der Waals surface area contributed by atoms with Gasteiger partial charge >= 0.3 is 0 Å². The number of hydrogen-bond donors (Lipinski definition) is 2. The van der Waals surface area contributed by atoms with E-state index in [2.05, 4.69) is 10.3 Å². The Bertz CT molecular complexity index is 828. The van der Waals surface area contributed by atoms with Gasteiger partial charge in [-0.2, -0.15) is 0 Å². The van der Waals surface area contributed by atoms with Crippen molar-refractivity contribution in [3.8, 4) is 5.75 Å². The van der Waals surface area contributed by atoms with Crippen LogP contribution in [-0.2, 0) is 0 Å². The largest absolute Gasteiger partial charge is 0.507 e. The van der Waals surface area contributed by atoms with E-state index in [1.165, 1.54) is 0 Å². The predicted molar refractivity (Wildman–Crippen MR) is 82.5 cm³/mol. The molecule has 0 atom stereocenters. The zero-order valence-electron chi connectivity index (χ0n) is 11.5. The third kappa shape index (κ3) is 2.69. The maximum absolute atomic E-state index is 12.3. The standard InChI is InChI=1S/C17H14N2O2/c1-11-5-4-8-16(18-11)19-17(21)14-9-12-6-2-3-7-13(12)10-15(14)20/h2-10,20H,1H3,(H,18,19,21). The molecule has 21 heavy (non-hydrogen) atoms. The van der Waals surface area contributed by atoms with Gasteiger partial charge in [0.1, 0.15) is 11.6 Å². The van der Waals surface area contributed by atoms with E-state index in [4.69, 9.17) is 0 Å². The van der Waals surface area contributed by atoms with Gasteiger partial charge in [-0.1, -0.05) is 30.3 Å². The Morgan fingerprint density at radius 1 is 1.05 bits per heavy atom. The summed E-state index contributed by atoms with van der Waals surface area (Å²) < 4.78 is 0. The molecule has 4 heteroatoms. The third-order valence-corrected chi connectivity index (χ3v) is 3.24. The quantitative estimate of drug-likeness (QED) is 0.754. The summed E-state index contributed by atoms with van der Waals surface area (Å²) in [7, 11) is 0. The molecule has 0 aliphatic carbocycles. The highest BCUT2D eigenvalue weighted by Gasteiger charge is 2.13. The van der Waals surface area contributed by atoms with E-state index >= 15 is 0 Å². The average Bonchev–Trinajstić information content (AvgIpc) is 2.46. The van der Waals surface area contributed by atoms with Crippen molar-refractivity contribution in [2.75, 3.05) is 5.32 Å². The number of aryl methyl sites for hydroxylation is 1. The van der Waals surface area contributed by atoms with Gasteiger partial charge in [0.25, 0.3) is 5.91 Å². The van der Waals surface area contributed by atoms with Gasteiger partial charge in [0.2, 0.25) is 0 Å². The van der Waals surface area contributed by atoms with E-state index in [0.29, 0.717) is 5.82 Å². The highest BCUT2D eigenvalue weighted by molar-refractivity contribution is 6.08. The molecule has 0 saturated heterocycles. The van der Waals surface area contributed by atoms with E-state index < -0.39 is 0 Å². The van der Waals surface area contributed by atoms with Crippen molar-refractivity contribution in [1.82, 2.24) is 4.98 Å². The highest BCUT2D eigenvalue weighted by Crippen LogP contribution is 2.25. The van der Waals surface area contributed by atoms with E-state index in [-0.39, 0.29) is 17.2 Å². The van der Waals surface area contributed by atoms with Crippen molar-refractivity contribution in [3.63, 3.8) is 0 Å². The van der Waals surface area contributed by atoms with Crippen LogP contribution in [-0.4, -0.2) is 16.0 Å². The van der Waals surface area contributed by atoms with Gasteiger partial charge in [-0.3, -0.25) is 4.79 Å². The minimum Gasteiger partial charge on any atom is -0.507 e. The number of fused-ring (bicyclic) bond motifs is 1. The maximum atomic E-state index is 12.3. The number of carbonyl (C=O) groups excluding carboxylic acids is 1. The fraction of sp³-hybridized carbons (Fsp3) is 0.0588. The van der Waals surface area contributed by atoms with Crippen molar-refractivity contribution in [3.05, 3.63) is 65.9 Å². The molecule has 104 valence electrons. The Hall–Kier alpha value is -2.88. The predicted octanol–water partition coefficient (Wildman–Crippen LogP) is 3.50. The van der Waals surface area contributed by atoms with Crippen LogP contribution in [0.15, 0.2) is 54.6 Å². The van der Waals surface area contributed by atoms with Gasteiger partial charge in [-0.25, -0.2) is 4.98 Å². The minimum absolute atomic E-state index is 0.0427. The summed E-state index contributed by atoms with van der Waals surface area (Å²) >= 11 is 0. The van der Waals surface area contributed by atoms with Crippen LogP contribution in [0, 0.1) is 6.92 Å². The number of phenols is 1. The van der Waals surface area contributed by atoms with Gasteiger partial charge in [-0.05, 0) is 42.0 Å². The molecule has 2 aromatic carbocycles. The number of rotatable bonds is 2. The number of amides is 1. The van der Waals surface area contributed by atoms with Crippen LogP contribution >= 0.6 is 0 Å². The van der Waals surface area contributed by atoms with E-state index in [1.54, 1.807) is 18.2 Å². The summed E-state index contributed by atoms with van der Waals surface area (Å²) in [5.41, 5.74) is 1.05. The second kappa shape index (κ2) is 5.25. The monoisotopic (exact) mass is 278 g/mol. The molecule has 0 aliphatic heterocycles. The van der Waals surface area contributed by atoms with Crippen molar-refractivity contribution in [2.24, 2.45) is 0 Å². The summed E-state index contributed by atoms with van der Waals surface area (Å²) in [4.78, 5) is 16.5. The Balaban J connectivity index is 1.96. The van der Waals surface area contributed by atoms with Crippen LogP contribution < -0.4 is 5.32 Å². The molecule has 0 spiro atoms. The SMILES string of the molecule is Cc1cccc(NC(=O)c2cc3ccccc3cc2O)n1. The first-order chi connectivity index (χ1) is 10.1. The van der Waals surface area contributed by atoms with E-state index in [9.17, 15) is 9.90 Å². The number of phenolic OH excluding ortho intramolecular Hbond substituents is 1. The number of nitrogens with one attached hydrogen (secondary N) is 1. The lowest BCUT2D eigenvalue weighted by atomic mass is 10.1. The van der Waals surface area contributed by atoms with Crippen molar-refractivity contribution >= 4 is 22.5 Å². The van der Waals surface area contributed by atoms with E-state index in [1.807, 2.05) is 43.3 Å². The summed E-state index contributed by atoms with van der Waals surface area (Å²) in [6, 6.07) is 16.2. The Morgan fingerprint density at radius 2 is 1.76 bits per heavy atom. The molecular weight excluding hydrogens is 264 g/mol. The van der Waals surface area contributed by atoms with Gasteiger partial charge in [0, 0.05) is 5.69 Å². The van der Waals surface area contributed by atoms with Crippen molar-refractivity contribution in [2.45, 2.75) is 6.92 Å². The smallest absolute Gasteiger partial charge is 0.260 e. The Morgan fingerprint density at radius 3 is 2.48 bits per heavy atom. The lowest BCUT2D eigenvalue weighted by Crippen LogP contribution is -2.13. The maximum Gasteiger partial charge on any atom is 0.260 e. The number of nitrogens with zero attached hydrogens (tertiary/aromatic N) is 1. The van der Waals surface area contributed by atoms with Crippen LogP contribution in [0.3, 0.4) is 0 Å². The first-order valence-electron chi connectivity index (χ1n) is 6.60. The van der Waals surface area contributed by atoms with Crippen LogP contribution in [0.5, 0.6) is 5.75 Å². The molecule has 4 nitrogen and oxygen atoms in total. The lowest BCUT2D eigenvalue weighted by molar-refractivity contribution is 0.102. The van der Waals surface area contributed by atoms with Crippen LogP contribution in [0.2, 0.25) is 0 Å². The molecule has 2 N–H and O–H groups in total. The van der Waals surface area contributed by atoms with Crippen molar-refractivity contribution < 1.29 is 9.90 Å². The number of aromatic hydroxyl groups is 1. The van der Waals surface area contributed by atoms with Gasteiger partial charge < -0.3 is 10.4 Å². The molecule has 0 fully saturated rings. The fourth-order valence-corrected chi connectivity index (χ4v) is 2.21. The lowest BCUT2D eigenvalue weighted by Gasteiger charge is -2.08. The molecule has 0 radical (unpaired) electrons. The zero-order chi connectivity index (χ0) is 14.8. The first kappa shape index (κ1) is 13.1. The molecule has 1 aromatic heterocycles. The van der Waals surface area contributed by atoms with Gasteiger partial charge in [-0.15, -0.1) is 0 Å². The molecule has 3 aromatic rings. The van der Waals surface area contributed by atoms with Crippen LogP contribution in [0.4, 0.5) is 5.82 Å². The third-order valence-electron chi connectivity index (χ3n) is 3.24. The second-order valence-electron chi connectivity index (χ2n) is 4.83. The van der Waals surface area contributed by atoms with E-state index in [0.717, 1.165) is 16.5 Å². The first-order valence-corrected chi connectivity index (χ1v) is 6.60. The number of anilines is 1. The molecule has 0 unspecified atom stereocenters. The van der Waals surface area contributed by atoms with Crippen LogP contribution in [0.25, 0.3) is 10.8 Å². The van der Waals surface area contributed by atoms with Crippen molar-refractivity contribution in [1.29, 1.82) is 0 Å². The number of carbonyl (C=O) groups is 1. The topological polar surface area (TPSA) is 62.2 Å². The molecule has 1 heterocycles. The number of hydrogen-bond acceptors (Lipinski definition) is 3. The molecule has 0 bridgehead atoms. The minimum atomic E-state index is -0.378. The number of aromatic nitrogens is 1. The second-order valence-corrected chi connectivity index (χ2v) is 4.83. The summed E-state index contributed by atoms with van der Waals surface area (Å²) in [6.07, 6.45) is 0. The summed E-state index contributed by atoms with van der Waals surface area (Å²) in [6.45, 7) is 1.85. The number of pyridine rings is 1. The van der Waals surface area contributed by atoms with Gasteiger partial charge in [0.15, 0.2) is 0 Å².